The number of anilines is 1. The van der Waals surface area contributed by atoms with Crippen LogP contribution >= 0.6 is 0 Å². The lowest BCUT2D eigenvalue weighted by molar-refractivity contribution is -0.143. The first-order valence-corrected chi connectivity index (χ1v) is 4.29. The van der Waals surface area contributed by atoms with Crippen molar-refractivity contribution in [3.63, 3.8) is 0 Å². The van der Waals surface area contributed by atoms with Gasteiger partial charge in [-0.2, -0.15) is 0 Å². The molecule has 1 aromatic rings. The lowest BCUT2D eigenvalue weighted by atomic mass is 9.93. The fourth-order valence-corrected chi connectivity index (χ4v) is 1.11. The summed E-state index contributed by atoms with van der Waals surface area (Å²) in [6, 6.07) is 7.01. The van der Waals surface area contributed by atoms with Gasteiger partial charge in [0.15, 0.2) is 0 Å². The zero-order valence-corrected chi connectivity index (χ0v) is 8.24. The number of carbonyl (C=O) groups is 1. The summed E-state index contributed by atoms with van der Waals surface area (Å²) in [5.74, 6) is -1.03. The summed E-state index contributed by atoms with van der Waals surface area (Å²) in [5.41, 5.74) is 5.84. The summed E-state index contributed by atoms with van der Waals surface area (Å²) in [6.07, 6.45) is 0. The topological polar surface area (TPSA) is 75.3 Å². The average molecular weight is 194 g/mol. The van der Waals surface area contributed by atoms with Crippen LogP contribution in [0.15, 0.2) is 24.3 Å². The molecule has 1 aromatic carbocycles. The van der Waals surface area contributed by atoms with Gasteiger partial charge in [0.05, 0.1) is 0 Å². The summed E-state index contributed by atoms with van der Waals surface area (Å²) in [5, 5.41) is 11.8. The smallest absolute Gasteiger partial charge is 0.328 e. The number of hydrogen-bond acceptors (Lipinski definition) is 3. The molecule has 0 aliphatic carbocycles. The summed E-state index contributed by atoms with van der Waals surface area (Å²) in [4.78, 5) is 10.8. The van der Waals surface area contributed by atoms with Crippen LogP contribution in [0.2, 0.25) is 0 Å². The number of hydrogen-bond donors (Lipinski definition) is 3. The molecule has 1 rings (SSSR count). The SMILES string of the molecule is CNc1ccc([C@](C)(N)C(=O)O)cc1. The fraction of sp³-hybridized carbons (Fsp3) is 0.300. The first kappa shape index (κ1) is 10.5. The van der Waals surface area contributed by atoms with Gasteiger partial charge in [-0.25, -0.2) is 4.79 Å². The van der Waals surface area contributed by atoms with Crippen molar-refractivity contribution < 1.29 is 9.90 Å². The highest BCUT2D eigenvalue weighted by atomic mass is 16.4. The standard InChI is InChI=1S/C10H14N2O2/c1-10(11,9(13)14)7-3-5-8(12-2)6-4-7/h3-6,12H,11H2,1-2H3,(H,13,14)/t10-/m0/s1. The lowest BCUT2D eigenvalue weighted by Crippen LogP contribution is -2.41. The molecule has 0 fully saturated rings. The predicted molar refractivity (Wildman–Crippen MR) is 55.2 cm³/mol. The van der Waals surface area contributed by atoms with Gasteiger partial charge in [0.1, 0.15) is 5.54 Å². The minimum Gasteiger partial charge on any atom is -0.480 e. The van der Waals surface area contributed by atoms with Gasteiger partial charge in [0, 0.05) is 12.7 Å². The van der Waals surface area contributed by atoms with E-state index in [0.29, 0.717) is 5.56 Å². The number of rotatable bonds is 3. The molecule has 0 aromatic heterocycles. The Kier molecular flexibility index (Phi) is 2.76. The van der Waals surface area contributed by atoms with E-state index in [4.69, 9.17) is 10.8 Å². The van der Waals surface area contributed by atoms with Gasteiger partial charge in [-0.3, -0.25) is 0 Å². The molecule has 0 aliphatic rings. The van der Waals surface area contributed by atoms with Crippen LogP contribution in [0.3, 0.4) is 0 Å². The van der Waals surface area contributed by atoms with Gasteiger partial charge < -0.3 is 16.2 Å². The van der Waals surface area contributed by atoms with Gasteiger partial charge in [-0.15, -0.1) is 0 Å². The van der Waals surface area contributed by atoms with Crippen LogP contribution < -0.4 is 11.1 Å². The molecule has 0 bridgehead atoms. The molecule has 1 atom stereocenters. The minimum atomic E-state index is -1.33. The highest BCUT2D eigenvalue weighted by molar-refractivity contribution is 5.80. The maximum absolute atomic E-state index is 10.8. The molecule has 0 spiro atoms. The molecule has 14 heavy (non-hydrogen) atoms. The second-order valence-corrected chi connectivity index (χ2v) is 3.33. The van der Waals surface area contributed by atoms with Crippen LogP contribution in [0, 0.1) is 0 Å². The maximum atomic E-state index is 10.8. The van der Waals surface area contributed by atoms with Crippen molar-refractivity contribution in [2.75, 3.05) is 12.4 Å². The Morgan fingerprint density at radius 2 is 1.93 bits per heavy atom. The molecule has 76 valence electrons. The first-order chi connectivity index (χ1) is 6.48. The van der Waals surface area contributed by atoms with E-state index in [2.05, 4.69) is 5.32 Å². The molecule has 0 unspecified atom stereocenters. The highest BCUT2D eigenvalue weighted by Gasteiger charge is 2.29. The third kappa shape index (κ3) is 1.85. The van der Waals surface area contributed by atoms with E-state index < -0.39 is 11.5 Å². The number of carboxylic acid groups (broad SMARTS) is 1. The van der Waals surface area contributed by atoms with Crippen LogP contribution in [0.25, 0.3) is 0 Å². The molecule has 4 nitrogen and oxygen atoms in total. The van der Waals surface area contributed by atoms with Gasteiger partial charge >= 0.3 is 5.97 Å². The summed E-state index contributed by atoms with van der Waals surface area (Å²) in [6.45, 7) is 1.48. The number of nitrogens with one attached hydrogen (secondary N) is 1. The van der Waals surface area contributed by atoms with Crippen molar-refractivity contribution in [3.8, 4) is 0 Å². The van der Waals surface area contributed by atoms with Crippen LogP contribution in [0.5, 0.6) is 0 Å². The van der Waals surface area contributed by atoms with E-state index in [9.17, 15) is 4.79 Å². The second-order valence-electron chi connectivity index (χ2n) is 3.33. The quantitative estimate of drug-likeness (QED) is 0.670. The highest BCUT2D eigenvalue weighted by Crippen LogP contribution is 2.19. The Hall–Kier alpha value is -1.55. The van der Waals surface area contributed by atoms with Gasteiger partial charge in [-0.1, -0.05) is 12.1 Å². The van der Waals surface area contributed by atoms with Crippen molar-refractivity contribution in [1.29, 1.82) is 0 Å². The number of benzene rings is 1. The van der Waals surface area contributed by atoms with Crippen molar-refractivity contribution in [2.45, 2.75) is 12.5 Å². The Bertz CT molecular complexity index is 330. The van der Waals surface area contributed by atoms with E-state index >= 15 is 0 Å². The summed E-state index contributed by atoms with van der Waals surface area (Å²) in [7, 11) is 1.80. The lowest BCUT2D eigenvalue weighted by Gasteiger charge is -2.19. The predicted octanol–water partition coefficient (Wildman–Crippen LogP) is 0.987. The Balaban J connectivity index is 3.02. The van der Waals surface area contributed by atoms with Crippen molar-refractivity contribution >= 4 is 11.7 Å². The molecule has 0 saturated carbocycles. The normalized spacial score (nSPS) is 14.5. The Morgan fingerprint density at radius 3 is 2.29 bits per heavy atom. The zero-order valence-electron chi connectivity index (χ0n) is 8.24. The summed E-state index contributed by atoms with van der Waals surface area (Å²) >= 11 is 0. The molecule has 4 N–H and O–H groups in total. The Labute approximate surface area is 82.7 Å². The maximum Gasteiger partial charge on any atom is 0.328 e. The van der Waals surface area contributed by atoms with E-state index in [-0.39, 0.29) is 0 Å². The third-order valence-electron chi connectivity index (χ3n) is 2.22. The van der Waals surface area contributed by atoms with Gasteiger partial charge in [-0.05, 0) is 24.6 Å². The molecule has 0 heterocycles. The van der Waals surface area contributed by atoms with Crippen LogP contribution in [-0.2, 0) is 10.3 Å². The largest absolute Gasteiger partial charge is 0.480 e. The van der Waals surface area contributed by atoms with Crippen molar-refractivity contribution in [2.24, 2.45) is 5.73 Å². The molecule has 0 aliphatic heterocycles. The zero-order chi connectivity index (χ0) is 10.8. The van der Waals surface area contributed by atoms with Crippen molar-refractivity contribution in [3.05, 3.63) is 29.8 Å². The monoisotopic (exact) mass is 194 g/mol. The number of aliphatic carboxylic acids is 1. The molecule has 0 amide bonds. The van der Waals surface area contributed by atoms with Crippen LogP contribution in [-0.4, -0.2) is 18.1 Å². The average Bonchev–Trinajstić information content (AvgIpc) is 2.17. The minimum absolute atomic E-state index is 0.587. The fourth-order valence-electron chi connectivity index (χ4n) is 1.11. The summed E-state index contributed by atoms with van der Waals surface area (Å²) < 4.78 is 0. The molecular weight excluding hydrogens is 180 g/mol. The third-order valence-corrected chi connectivity index (χ3v) is 2.22. The second kappa shape index (κ2) is 3.67. The van der Waals surface area contributed by atoms with E-state index in [0.717, 1.165) is 5.69 Å². The first-order valence-electron chi connectivity index (χ1n) is 4.29. The Morgan fingerprint density at radius 1 is 1.43 bits per heavy atom. The van der Waals surface area contributed by atoms with E-state index in [1.807, 2.05) is 0 Å². The van der Waals surface area contributed by atoms with E-state index in [1.165, 1.54) is 6.92 Å². The molecule has 0 radical (unpaired) electrons. The number of nitrogens with two attached hydrogens (primary N) is 1. The number of carboxylic acids is 1. The van der Waals surface area contributed by atoms with Gasteiger partial charge in [0.25, 0.3) is 0 Å². The van der Waals surface area contributed by atoms with Gasteiger partial charge in [0.2, 0.25) is 0 Å². The van der Waals surface area contributed by atoms with Crippen LogP contribution in [0.4, 0.5) is 5.69 Å². The van der Waals surface area contributed by atoms with Crippen LogP contribution in [0.1, 0.15) is 12.5 Å². The molecule has 4 heteroatoms. The molecular formula is C10H14N2O2. The van der Waals surface area contributed by atoms with E-state index in [1.54, 1.807) is 31.3 Å². The molecule has 0 saturated heterocycles. The van der Waals surface area contributed by atoms with Crippen molar-refractivity contribution in [1.82, 2.24) is 0 Å².